The number of anilines is 3. The number of hydrogen-bond acceptors (Lipinski definition) is 3. The lowest BCUT2D eigenvalue weighted by Gasteiger charge is -2.26. The van der Waals surface area contributed by atoms with Crippen LogP contribution in [0.3, 0.4) is 0 Å². The van der Waals surface area contributed by atoms with E-state index in [1.54, 1.807) is 0 Å². The molecule has 0 spiro atoms. The quantitative estimate of drug-likeness (QED) is 0.168. The van der Waals surface area contributed by atoms with Crippen molar-refractivity contribution in [1.82, 2.24) is 8.80 Å². The number of rotatable bonds is 4. The second-order valence-electron chi connectivity index (χ2n) is 15.7. The minimum atomic E-state index is 0.857. The fourth-order valence-electron chi connectivity index (χ4n) is 10.0. The first-order chi connectivity index (χ1) is 29.2. The first kappa shape index (κ1) is 31.1. The molecule has 0 radical (unpaired) electrons. The Morgan fingerprint density at radius 2 is 0.746 bits per heavy atom. The van der Waals surface area contributed by atoms with E-state index in [1.807, 2.05) is 24.3 Å². The highest BCUT2D eigenvalue weighted by molar-refractivity contribution is 6.25. The summed E-state index contributed by atoms with van der Waals surface area (Å²) >= 11 is 0. The molecule has 5 heteroatoms. The molecule has 0 saturated carbocycles. The molecule has 0 unspecified atom stereocenters. The second-order valence-corrected chi connectivity index (χ2v) is 15.7. The van der Waals surface area contributed by atoms with Crippen LogP contribution < -0.4 is 4.90 Å². The summed E-state index contributed by atoms with van der Waals surface area (Å²) < 4.78 is 17.7. The number of benzene rings is 9. The maximum atomic E-state index is 6.48. The Bertz CT molecular complexity index is 4030. The van der Waals surface area contributed by atoms with E-state index < -0.39 is 0 Å². The Morgan fingerprint density at radius 1 is 0.288 bits per heavy atom. The summed E-state index contributed by atoms with van der Waals surface area (Å²) in [6.45, 7) is 0. The van der Waals surface area contributed by atoms with Gasteiger partial charge in [0.1, 0.15) is 22.3 Å². The molecule has 14 rings (SSSR count). The second kappa shape index (κ2) is 11.3. The monoisotopic (exact) mass is 753 g/mol. The predicted octanol–water partition coefficient (Wildman–Crippen LogP) is 15.2. The third kappa shape index (κ3) is 4.18. The molecule has 274 valence electrons. The fraction of sp³-hybridized carbons (Fsp3) is 0. The van der Waals surface area contributed by atoms with Gasteiger partial charge in [0.15, 0.2) is 0 Å². The van der Waals surface area contributed by atoms with Crippen molar-refractivity contribution in [3.8, 4) is 11.1 Å². The number of hydrogen-bond donors (Lipinski definition) is 0. The first-order valence-corrected chi connectivity index (χ1v) is 20.1. The molecule has 0 aliphatic rings. The van der Waals surface area contributed by atoms with Crippen LogP contribution in [0.4, 0.5) is 17.1 Å². The van der Waals surface area contributed by atoms with Crippen LogP contribution in [0.15, 0.2) is 197 Å². The summed E-state index contributed by atoms with van der Waals surface area (Å²) in [5.74, 6) is 0. The lowest BCUT2D eigenvalue weighted by Crippen LogP contribution is -2.10. The van der Waals surface area contributed by atoms with Gasteiger partial charge in [-0.15, -0.1) is 0 Å². The van der Waals surface area contributed by atoms with Crippen molar-refractivity contribution in [3.05, 3.63) is 188 Å². The molecular formula is C54H31N3O2. The van der Waals surface area contributed by atoms with Crippen molar-refractivity contribution in [3.63, 3.8) is 0 Å². The highest BCUT2D eigenvalue weighted by atomic mass is 16.3. The topological polar surface area (TPSA) is 38.3 Å². The van der Waals surface area contributed by atoms with Crippen LogP contribution in [0.25, 0.3) is 110 Å². The van der Waals surface area contributed by atoms with E-state index in [0.717, 1.165) is 83.1 Å². The molecule has 0 aliphatic carbocycles. The van der Waals surface area contributed by atoms with E-state index >= 15 is 0 Å². The standard InChI is InChI=1S/C54H31N3O2/c1-5-13-45-37(9-1)43-26-27-44-38-10-2-6-14-46(38)57-48-30-35(23-28-47(48)56(45)53(43)54(44)57)55(36-22-25-42-40-12-4-8-16-50(40)59-52(42)31-36)34-20-17-32(18-21-34)33-19-24-41-39-11-3-7-15-49(39)58-51(41)29-33/h1-31H. The summed E-state index contributed by atoms with van der Waals surface area (Å²) in [6, 6.07) is 67.6. The molecule has 5 nitrogen and oxygen atoms in total. The van der Waals surface area contributed by atoms with Gasteiger partial charge in [0, 0.05) is 66.2 Å². The molecule has 14 aromatic rings. The number of furan rings is 2. The molecule has 0 N–H and O–H groups in total. The number of para-hydroxylation sites is 4. The Balaban J connectivity index is 1.01. The maximum absolute atomic E-state index is 6.48. The van der Waals surface area contributed by atoms with E-state index in [1.165, 1.54) is 43.6 Å². The molecule has 9 aromatic carbocycles. The molecule has 0 atom stereocenters. The summed E-state index contributed by atoms with van der Waals surface area (Å²) in [5, 5.41) is 9.54. The minimum absolute atomic E-state index is 0.857. The molecular weight excluding hydrogens is 723 g/mol. The first-order valence-electron chi connectivity index (χ1n) is 20.1. The summed E-state index contributed by atoms with van der Waals surface area (Å²) in [7, 11) is 0. The molecule has 0 saturated heterocycles. The van der Waals surface area contributed by atoms with Gasteiger partial charge in [0.25, 0.3) is 0 Å². The van der Waals surface area contributed by atoms with E-state index in [0.29, 0.717) is 0 Å². The van der Waals surface area contributed by atoms with Crippen LogP contribution in [-0.4, -0.2) is 8.80 Å². The van der Waals surface area contributed by atoms with Crippen LogP contribution in [0.5, 0.6) is 0 Å². The van der Waals surface area contributed by atoms with Crippen LogP contribution in [0, 0.1) is 0 Å². The highest BCUT2D eigenvalue weighted by Crippen LogP contribution is 2.45. The van der Waals surface area contributed by atoms with Crippen molar-refractivity contribution >= 4 is 116 Å². The Hall–Kier alpha value is -8.02. The normalized spacial score (nSPS) is 12.4. The van der Waals surface area contributed by atoms with E-state index in [-0.39, 0.29) is 0 Å². The average Bonchev–Trinajstić information content (AvgIpc) is 4.04. The zero-order valence-electron chi connectivity index (χ0n) is 31.6. The third-order valence-electron chi connectivity index (χ3n) is 12.6. The zero-order chi connectivity index (χ0) is 38.3. The van der Waals surface area contributed by atoms with Crippen molar-refractivity contribution < 1.29 is 8.83 Å². The minimum Gasteiger partial charge on any atom is -0.456 e. The smallest absolute Gasteiger partial charge is 0.137 e. The fourth-order valence-corrected chi connectivity index (χ4v) is 10.0. The van der Waals surface area contributed by atoms with Gasteiger partial charge in [-0.25, -0.2) is 0 Å². The van der Waals surface area contributed by atoms with Crippen LogP contribution >= 0.6 is 0 Å². The predicted molar refractivity (Wildman–Crippen MR) is 244 cm³/mol. The SMILES string of the molecule is c1ccc2c(c1)oc1cc(-c3ccc(N(c4ccc5c(c4)oc4ccccc45)c4ccc5c(c4)n4c6ccccc6c6ccc7c8ccccc8n5c7c64)cc3)ccc12. The van der Waals surface area contributed by atoms with Gasteiger partial charge in [-0.05, 0) is 90.0 Å². The highest BCUT2D eigenvalue weighted by Gasteiger charge is 2.23. The van der Waals surface area contributed by atoms with Crippen molar-refractivity contribution in [2.75, 3.05) is 4.90 Å². The zero-order valence-corrected chi connectivity index (χ0v) is 31.6. The van der Waals surface area contributed by atoms with Gasteiger partial charge < -0.3 is 22.5 Å². The lowest BCUT2D eigenvalue weighted by atomic mass is 10.0. The van der Waals surface area contributed by atoms with Crippen LogP contribution in [0.2, 0.25) is 0 Å². The van der Waals surface area contributed by atoms with E-state index in [9.17, 15) is 0 Å². The Kier molecular flexibility index (Phi) is 5.96. The van der Waals surface area contributed by atoms with Crippen molar-refractivity contribution in [2.24, 2.45) is 0 Å². The van der Waals surface area contributed by atoms with Crippen molar-refractivity contribution in [2.45, 2.75) is 0 Å². The third-order valence-corrected chi connectivity index (χ3v) is 12.6. The molecule has 0 amide bonds. The van der Waals surface area contributed by atoms with Gasteiger partial charge in [0.05, 0.1) is 33.1 Å². The Labute approximate surface area is 336 Å². The summed E-state index contributed by atoms with van der Waals surface area (Å²) in [4.78, 5) is 2.35. The number of aromatic nitrogens is 2. The van der Waals surface area contributed by atoms with Gasteiger partial charge in [0.2, 0.25) is 0 Å². The van der Waals surface area contributed by atoms with Crippen LogP contribution in [-0.2, 0) is 0 Å². The van der Waals surface area contributed by atoms with Gasteiger partial charge in [-0.3, -0.25) is 0 Å². The van der Waals surface area contributed by atoms with Crippen molar-refractivity contribution in [1.29, 1.82) is 0 Å². The molecule has 0 fully saturated rings. The molecule has 5 heterocycles. The molecule has 0 aliphatic heterocycles. The average molecular weight is 754 g/mol. The number of nitrogens with zero attached hydrogens (tertiary/aromatic N) is 3. The van der Waals surface area contributed by atoms with Gasteiger partial charge >= 0.3 is 0 Å². The van der Waals surface area contributed by atoms with E-state index in [4.69, 9.17) is 8.83 Å². The van der Waals surface area contributed by atoms with Gasteiger partial charge in [-0.2, -0.15) is 0 Å². The van der Waals surface area contributed by atoms with E-state index in [2.05, 4.69) is 177 Å². The molecule has 5 aromatic heterocycles. The summed E-state index contributed by atoms with van der Waals surface area (Å²) in [5.41, 5.74) is 16.1. The maximum Gasteiger partial charge on any atom is 0.137 e. The molecule has 0 bridgehead atoms. The number of fused-ring (bicyclic) bond motifs is 15. The largest absolute Gasteiger partial charge is 0.456 e. The lowest BCUT2D eigenvalue weighted by molar-refractivity contribution is 0.668. The Morgan fingerprint density at radius 3 is 1.41 bits per heavy atom. The van der Waals surface area contributed by atoms with Crippen LogP contribution in [0.1, 0.15) is 0 Å². The molecule has 59 heavy (non-hydrogen) atoms. The van der Waals surface area contributed by atoms with Gasteiger partial charge in [-0.1, -0.05) is 103 Å². The summed E-state index contributed by atoms with van der Waals surface area (Å²) in [6.07, 6.45) is 0.